The summed E-state index contributed by atoms with van der Waals surface area (Å²) in [6.45, 7) is 5.95. The number of rotatable bonds is 6. The highest BCUT2D eigenvalue weighted by molar-refractivity contribution is 7.92. The first-order chi connectivity index (χ1) is 10.8. The second kappa shape index (κ2) is 7.10. The SMILES string of the molecule is Cc1nc([C@@H](C)N[C@H](C)c2ccccc2)ccc1NS(C)(=O)=O. The molecule has 1 aromatic heterocycles. The fourth-order valence-corrected chi connectivity index (χ4v) is 3.04. The normalized spacial score (nSPS) is 14.3. The largest absolute Gasteiger partial charge is 0.302 e. The molecule has 0 aliphatic heterocycles. The van der Waals surface area contributed by atoms with Gasteiger partial charge in [0.05, 0.1) is 23.3 Å². The van der Waals surface area contributed by atoms with Crippen LogP contribution in [0.4, 0.5) is 5.69 Å². The first kappa shape index (κ1) is 17.4. The van der Waals surface area contributed by atoms with Gasteiger partial charge < -0.3 is 5.32 Å². The quantitative estimate of drug-likeness (QED) is 0.852. The van der Waals surface area contributed by atoms with Crippen LogP contribution in [0.2, 0.25) is 0 Å². The molecular formula is C17H23N3O2S. The van der Waals surface area contributed by atoms with Gasteiger partial charge in [-0.15, -0.1) is 0 Å². The Morgan fingerprint density at radius 2 is 1.65 bits per heavy atom. The zero-order valence-corrected chi connectivity index (χ0v) is 14.7. The fraction of sp³-hybridized carbons (Fsp3) is 0.353. The van der Waals surface area contributed by atoms with Crippen molar-refractivity contribution >= 4 is 15.7 Å². The van der Waals surface area contributed by atoms with Gasteiger partial charge in [-0.05, 0) is 38.5 Å². The summed E-state index contributed by atoms with van der Waals surface area (Å²) in [5.74, 6) is 0. The number of nitrogens with one attached hydrogen (secondary N) is 2. The summed E-state index contributed by atoms with van der Waals surface area (Å²) in [7, 11) is -3.29. The lowest BCUT2D eigenvalue weighted by Gasteiger charge is -2.21. The van der Waals surface area contributed by atoms with Gasteiger partial charge in [-0.2, -0.15) is 0 Å². The molecule has 0 unspecified atom stereocenters. The molecule has 1 aromatic carbocycles. The Bertz CT molecular complexity index is 761. The van der Waals surface area contributed by atoms with E-state index in [2.05, 4.69) is 34.1 Å². The first-order valence-electron chi connectivity index (χ1n) is 7.52. The van der Waals surface area contributed by atoms with E-state index in [1.165, 1.54) is 5.56 Å². The number of benzene rings is 1. The molecule has 2 aromatic rings. The summed E-state index contributed by atoms with van der Waals surface area (Å²) in [6.07, 6.45) is 1.13. The van der Waals surface area contributed by atoms with Crippen molar-refractivity contribution in [2.45, 2.75) is 32.9 Å². The molecule has 0 saturated carbocycles. The van der Waals surface area contributed by atoms with Crippen LogP contribution in [-0.4, -0.2) is 19.7 Å². The molecule has 23 heavy (non-hydrogen) atoms. The van der Waals surface area contributed by atoms with E-state index < -0.39 is 10.0 Å². The topological polar surface area (TPSA) is 71.1 Å². The molecule has 0 bridgehead atoms. The van der Waals surface area contributed by atoms with Crippen molar-refractivity contribution in [2.24, 2.45) is 0 Å². The maximum atomic E-state index is 11.3. The smallest absolute Gasteiger partial charge is 0.229 e. The standard InChI is InChI=1S/C17H23N3O2S/c1-12(15-8-6-5-7-9-15)18-13(2)16-10-11-17(14(3)19-16)20-23(4,21)22/h5-13,18,20H,1-4H3/t12-,13-/m1/s1. The monoisotopic (exact) mass is 333 g/mol. The minimum Gasteiger partial charge on any atom is -0.302 e. The van der Waals surface area contributed by atoms with Gasteiger partial charge in [-0.1, -0.05) is 30.3 Å². The van der Waals surface area contributed by atoms with Crippen molar-refractivity contribution < 1.29 is 8.42 Å². The summed E-state index contributed by atoms with van der Waals surface area (Å²) in [6, 6.07) is 14.1. The van der Waals surface area contributed by atoms with Crippen LogP contribution >= 0.6 is 0 Å². The number of anilines is 1. The number of aryl methyl sites for hydroxylation is 1. The Morgan fingerprint density at radius 3 is 2.22 bits per heavy atom. The Hall–Kier alpha value is -1.92. The summed E-state index contributed by atoms with van der Waals surface area (Å²) >= 11 is 0. The second-order valence-electron chi connectivity index (χ2n) is 5.76. The van der Waals surface area contributed by atoms with E-state index in [0.717, 1.165) is 11.9 Å². The molecule has 1 heterocycles. The molecule has 0 fully saturated rings. The van der Waals surface area contributed by atoms with Gasteiger partial charge in [-0.25, -0.2) is 8.42 Å². The van der Waals surface area contributed by atoms with Crippen molar-refractivity contribution in [2.75, 3.05) is 11.0 Å². The molecule has 0 aliphatic rings. The van der Waals surface area contributed by atoms with Crippen molar-refractivity contribution in [3.8, 4) is 0 Å². The molecule has 5 nitrogen and oxygen atoms in total. The number of hydrogen-bond acceptors (Lipinski definition) is 4. The van der Waals surface area contributed by atoms with Crippen molar-refractivity contribution in [1.82, 2.24) is 10.3 Å². The lowest BCUT2D eigenvalue weighted by atomic mass is 10.1. The minimum atomic E-state index is -3.29. The molecule has 0 saturated heterocycles. The number of hydrogen-bond donors (Lipinski definition) is 2. The van der Waals surface area contributed by atoms with Crippen LogP contribution in [0.15, 0.2) is 42.5 Å². The molecule has 124 valence electrons. The van der Waals surface area contributed by atoms with E-state index in [1.807, 2.05) is 31.2 Å². The maximum Gasteiger partial charge on any atom is 0.229 e. The molecule has 6 heteroatoms. The fourth-order valence-electron chi connectivity index (χ4n) is 2.43. The van der Waals surface area contributed by atoms with E-state index in [0.29, 0.717) is 11.4 Å². The van der Waals surface area contributed by atoms with Gasteiger partial charge in [-0.3, -0.25) is 9.71 Å². The highest BCUT2D eigenvalue weighted by Crippen LogP contribution is 2.21. The Morgan fingerprint density at radius 1 is 1.00 bits per heavy atom. The highest BCUT2D eigenvalue weighted by atomic mass is 32.2. The molecule has 0 radical (unpaired) electrons. The predicted octanol–water partition coefficient (Wildman–Crippen LogP) is 3.17. The Balaban J connectivity index is 2.11. The summed E-state index contributed by atoms with van der Waals surface area (Å²) in [5, 5.41) is 3.51. The van der Waals surface area contributed by atoms with Crippen LogP contribution in [0, 0.1) is 6.92 Å². The third-order valence-corrected chi connectivity index (χ3v) is 4.24. The summed E-state index contributed by atoms with van der Waals surface area (Å²) in [4.78, 5) is 4.51. The molecule has 2 atom stereocenters. The van der Waals surface area contributed by atoms with Crippen LogP contribution in [0.1, 0.15) is 42.9 Å². The number of pyridine rings is 1. The number of nitrogens with zero attached hydrogens (tertiary/aromatic N) is 1. The molecular weight excluding hydrogens is 310 g/mol. The second-order valence-corrected chi connectivity index (χ2v) is 7.51. The van der Waals surface area contributed by atoms with Crippen molar-refractivity contribution in [1.29, 1.82) is 0 Å². The molecule has 0 amide bonds. The Kier molecular flexibility index (Phi) is 5.38. The van der Waals surface area contributed by atoms with Crippen molar-refractivity contribution in [3.05, 3.63) is 59.4 Å². The van der Waals surface area contributed by atoms with Crippen LogP contribution in [0.5, 0.6) is 0 Å². The zero-order valence-electron chi connectivity index (χ0n) is 13.9. The minimum absolute atomic E-state index is 0.0520. The molecule has 0 spiro atoms. The lowest BCUT2D eigenvalue weighted by Crippen LogP contribution is -2.23. The van der Waals surface area contributed by atoms with Gasteiger partial charge in [0.1, 0.15) is 0 Å². The van der Waals surface area contributed by atoms with Crippen LogP contribution in [0.3, 0.4) is 0 Å². The average Bonchev–Trinajstić information content (AvgIpc) is 2.48. The lowest BCUT2D eigenvalue weighted by molar-refractivity contribution is 0.486. The van der Waals surface area contributed by atoms with E-state index >= 15 is 0 Å². The van der Waals surface area contributed by atoms with Crippen molar-refractivity contribution in [3.63, 3.8) is 0 Å². The Labute approximate surface area is 138 Å². The van der Waals surface area contributed by atoms with Crippen LogP contribution in [-0.2, 0) is 10.0 Å². The average molecular weight is 333 g/mol. The summed E-state index contributed by atoms with van der Waals surface area (Å²) < 4.78 is 25.1. The van der Waals surface area contributed by atoms with Gasteiger partial charge in [0.25, 0.3) is 0 Å². The van der Waals surface area contributed by atoms with Gasteiger partial charge in [0, 0.05) is 12.1 Å². The van der Waals surface area contributed by atoms with E-state index in [9.17, 15) is 8.42 Å². The zero-order chi connectivity index (χ0) is 17.0. The maximum absolute atomic E-state index is 11.3. The van der Waals surface area contributed by atoms with E-state index in [-0.39, 0.29) is 12.1 Å². The van der Waals surface area contributed by atoms with Crippen LogP contribution < -0.4 is 10.0 Å². The van der Waals surface area contributed by atoms with Gasteiger partial charge in [0.15, 0.2) is 0 Å². The first-order valence-corrected chi connectivity index (χ1v) is 9.42. The third-order valence-electron chi connectivity index (χ3n) is 3.65. The molecule has 0 aliphatic carbocycles. The summed E-state index contributed by atoms with van der Waals surface area (Å²) in [5.41, 5.74) is 3.27. The molecule has 2 N–H and O–H groups in total. The highest BCUT2D eigenvalue weighted by Gasteiger charge is 2.14. The van der Waals surface area contributed by atoms with Crippen LogP contribution in [0.25, 0.3) is 0 Å². The molecule has 2 rings (SSSR count). The third kappa shape index (κ3) is 5.04. The number of aromatic nitrogens is 1. The predicted molar refractivity (Wildman–Crippen MR) is 93.8 cm³/mol. The van der Waals surface area contributed by atoms with E-state index in [1.54, 1.807) is 13.0 Å². The van der Waals surface area contributed by atoms with E-state index in [4.69, 9.17) is 0 Å². The number of sulfonamides is 1. The van der Waals surface area contributed by atoms with Gasteiger partial charge in [0.2, 0.25) is 10.0 Å². The van der Waals surface area contributed by atoms with Gasteiger partial charge >= 0.3 is 0 Å².